The number of methoxy groups -OCH3 is 2. The van der Waals surface area contributed by atoms with Crippen molar-refractivity contribution in [2.45, 2.75) is 32.5 Å². The second-order valence-electron chi connectivity index (χ2n) is 6.00. The molecule has 2 aromatic rings. The number of ether oxygens (including phenoxy) is 3. The largest absolute Gasteiger partial charge is 0.493 e. The Bertz CT molecular complexity index is 688. The summed E-state index contributed by atoms with van der Waals surface area (Å²) in [6.07, 6.45) is 0.217. The molecule has 7 nitrogen and oxygen atoms in total. The third kappa shape index (κ3) is 3.52. The maximum absolute atomic E-state index is 5.65. The lowest BCUT2D eigenvalue weighted by Crippen LogP contribution is -2.46. The zero-order valence-corrected chi connectivity index (χ0v) is 14.5. The number of rotatable bonds is 5. The van der Waals surface area contributed by atoms with Gasteiger partial charge in [0.2, 0.25) is 11.7 Å². The molecule has 2 heterocycles. The Morgan fingerprint density at radius 2 is 2.00 bits per heavy atom. The molecule has 0 bridgehead atoms. The Morgan fingerprint density at radius 3 is 2.75 bits per heavy atom. The smallest absolute Gasteiger partial charge is 0.241 e. The fourth-order valence-electron chi connectivity index (χ4n) is 2.78. The van der Waals surface area contributed by atoms with E-state index in [0.29, 0.717) is 35.8 Å². The highest BCUT2D eigenvalue weighted by Crippen LogP contribution is 2.31. The first-order valence-corrected chi connectivity index (χ1v) is 8.01. The van der Waals surface area contributed by atoms with E-state index >= 15 is 0 Å². The van der Waals surface area contributed by atoms with Crippen LogP contribution in [0.2, 0.25) is 0 Å². The highest BCUT2D eigenvalue weighted by Gasteiger charge is 2.25. The molecule has 1 aliphatic heterocycles. The molecule has 1 aliphatic rings. The van der Waals surface area contributed by atoms with Crippen molar-refractivity contribution in [1.82, 2.24) is 15.0 Å². The molecule has 1 saturated heterocycles. The minimum atomic E-state index is 0.217. The molecule has 24 heavy (non-hydrogen) atoms. The van der Waals surface area contributed by atoms with E-state index in [9.17, 15) is 0 Å². The van der Waals surface area contributed by atoms with Crippen LogP contribution in [0, 0.1) is 0 Å². The molecule has 130 valence electrons. The van der Waals surface area contributed by atoms with Crippen LogP contribution in [0.5, 0.6) is 11.5 Å². The molecule has 1 fully saturated rings. The fourth-order valence-corrected chi connectivity index (χ4v) is 2.78. The van der Waals surface area contributed by atoms with Gasteiger partial charge in [0.05, 0.1) is 33.5 Å². The maximum Gasteiger partial charge on any atom is 0.241 e. The molecule has 0 amide bonds. The zero-order valence-electron chi connectivity index (χ0n) is 14.5. The molecular weight excluding hydrogens is 310 g/mol. The molecule has 0 saturated carbocycles. The van der Waals surface area contributed by atoms with Crippen molar-refractivity contribution in [2.75, 3.05) is 27.4 Å². The Kier molecular flexibility index (Phi) is 5.01. The van der Waals surface area contributed by atoms with Crippen LogP contribution in [0.1, 0.15) is 19.7 Å². The Morgan fingerprint density at radius 1 is 1.21 bits per heavy atom. The van der Waals surface area contributed by atoms with Crippen molar-refractivity contribution >= 4 is 0 Å². The van der Waals surface area contributed by atoms with Crippen LogP contribution in [0.3, 0.4) is 0 Å². The molecule has 0 N–H and O–H groups in total. The first kappa shape index (κ1) is 16.7. The van der Waals surface area contributed by atoms with Crippen LogP contribution in [-0.2, 0) is 11.3 Å². The molecule has 0 radical (unpaired) electrons. The topological polar surface area (TPSA) is 69.9 Å². The van der Waals surface area contributed by atoms with Crippen LogP contribution in [0.15, 0.2) is 22.7 Å². The number of nitrogens with zero attached hydrogens (tertiary/aromatic N) is 3. The molecular formula is C17H23N3O4. The molecule has 0 unspecified atom stereocenters. The average molecular weight is 333 g/mol. The van der Waals surface area contributed by atoms with E-state index in [0.717, 1.165) is 18.7 Å². The fraction of sp³-hybridized carbons (Fsp3) is 0.529. The van der Waals surface area contributed by atoms with E-state index < -0.39 is 0 Å². The van der Waals surface area contributed by atoms with E-state index in [1.165, 1.54) is 0 Å². The van der Waals surface area contributed by atoms with Gasteiger partial charge in [0.1, 0.15) is 0 Å². The summed E-state index contributed by atoms with van der Waals surface area (Å²) in [6.45, 7) is 6.40. The number of hydrogen-bond donors (Lipinski definition) is 0. The van der Waals surface area contributed by atoms with E-state index in [1.807, 2.05) is 18.2 Å². The first-order valence-electron chi connectivity index (χ1n) is 8.01. The minimum Gasteiger partial charge on any atom is -0.493 e. The summed E-state index contributed by atoms with van der Waals surface area (Å²) in [5.41, 5.74) is 0.825. The second-order valence-corrected chi connectivity index (χ2v) is 6.00. The van der Waals surface area contributed by atoms with E-state index in [-0.39, 0.29) is 6.10 Å². The Balaban J connectivity index is 1.75. The third-order valence-electron chi connectivity index (χ3n) is 4.19. The summed E-state index contributed by atoms with van der Waals surface area (Å²) in [5, 5.41) is 4.09. The lowest BCUT2D eigenvalue weighted by atomic mass is 10.2. The van der Waals surface area contributed by atoms with Crippen molar-refractivity contribution in [3.63, 3.8) is 0 Å². The summed E-state index contributed by atoms with van der Waals surface area (Å²) in [4.78, 5) is 6.80. The van der Waals surface area contributed by atoms with E-state index in [1.54, 1.807) is 14.2 Å². The quantitative estimate of drug-likeness (QED) is 0.832. The van der Waals surface area contributed by atoms with Crippen LogP contribution in [0.4, 0.5) is 0 Å². The van der Waals surface area contributed by atoms with Gasteiger partial charge < -0.3 is 18.7 Å². The zero-order chi connectivity index (χ0) is 17.1. The number of hydrogen-bond acceptors (Lipinski definition) is 7. The molecule has 7 heteroatoms. The Labute approximate surface area is 141 Å². The summed E-state index contributed by atoms with van der Waals surface area (Å²) < 4.78 is 21.6. The van der Waals surface area contributed by atoms with Gasteiger partial charge in [0.25, 0.3) is 0 Å². The summed E-state index contributed by atoms with van der Waals surface area (Å²) in [7, 11) is 3.21. The van der Waals surface area contributed by atoms with Crippen molar-refractivity contribution in [3.8, 4) is 22.9 Å². The van der Waals surface area contributed by atoms with Gasteiger partial charge >= 0.3 is 0 Å². The number of aromatic nitrogens is 2. The molecule has 2 atom stereocenters. The molecule has 1 aromatic carbocycles. The molecule has 3 rings (SSSR count). The first-order chi connectivity index (χ1) is 11.6. The maximum atomic E-state index is 5.65. The predicted octanol–water partition coefficient (Wildman–Crippen LogP) is 2.36. The molecule has 0 spiro atoms. The van der Waals surface area contributed by atoms with Gasteiger partial charge in [0, 0.05) is 18.2 Å². The van der Waals surface area contributed by atoms with Gasteiger partial charge in [-0.25, -0.2) is 0 Å². The minimum absolute atomic E-state index is 0.217. The van der Waals surface area contributed by atoms with E-state index in [2.05, 4.69) is 28.9 Å². The SMILES string of the molecule is COc1ccc(-c2noc(CN3C[C@H](C)OC[C@@H]3C)n2)cc1OC. The van der Waals surface area contributed by atoms with Crippen molar-refractivity contribution in [1.29, 1.82) is 0 Å². The second kappa shape index (κ2) is 7.19. The predicted molar refractivity (Wildman–Crippen MR) is 88.1 cm³/mol. The van der Waals surface area contributed by atoms with Crippen LogP contribution in [-0.4, -0.2) is 54.6 Å². The van der Waals surface area contributed by atoms with Crippen LogP contribution < -0.4 is 9.47 Å². The monoisotopic (exact) mass is 333 g/mol. The average Bonchev–Trinajstić information content (AvgIpc) is 3.06. The molecule has 0 aliphatic carbocycles. The lowest BCUT2D eigenvalue weighted by Gasteiger charge is -2.35. The van der Waals surface area contributed by atoms with Crippen LogP contribution in [0.25, 0.3) is 11.4 Å². The highest BCUT2D eigenvalue weighted by molar-refractivity contribution is 5.60. The Hall–Kier alpha value is -2.12. The van der Waals surface area contributed by atoms with Crippen molar-refractivity contribution in [3.05, 3.63) is 24.1 Å². The van der Waals surface area contributed by atoms with Crippen LogP contribution >= 0.6 is 0 Å². The normalized spacial score (nSPS) is 21.7. The van der Waals surface area contributed by atoms with E-state index in [4.69, 9.17) is 18.7 Å². The van der Waals surface area contributed by atoms with Crippen molar-refractivity contribution in [2.24, 2.45) is 0 Å². The summed E-state index contributed by atoms with van der Waals surface area (Å²) in [5.74, 6) is 2.44. The third-order valence-corrected chi connectivity index (χ3v) is 4.19. The molecule has 1 aromatic heterocycles. The van der Waals surface area contributed by atoms with Gasteiger partial charge in [-0.3, -0.25) is 4.90 Å². The summed E-state index contributed by atoms with van der Waals surface area (Å²) >= 11 is 0. The number of morpholine rings is 1. The van der Waals surface area contributed by atoms with Gasteiger partial charge in [0.15, 0.2) is 11.5 Å². The standard InChI is InChI=1S/C17H23N3O4/c1-11-10-23-12(2)8-20(11)9-16-18-17(19-24-16)13-5-6-14(21-3)15(7-13)22-4/h5-7,11-12H,8-10H2,1-4H3/t11-,12-/m0/s1. The van der Waals surface area contributed by atoms with Gasteiger partial charge in [-0.15, -0.1) is 0 Å². The number of benzene rings is 1. The van der Waals surface area contributed by atoms with Crippen molar-refractivity contribution < 1.29 is 18.7 Å². The van der Waals surface area contributed by atoms with Gasteiger partial charge in [-0.1, -0.05) is 5.16 Å². The van der Waals surface area contributed by atoms with Gasteiger partial charge in [-0.2, -0.15) is 4.98 Å². The van der Waals surface area contributed by atoms with Gasteiger partial charge in [-0.05, 0) is 32.0 Å². The summed E-state index contributed by atoms with van der Waals surface area (Å²) in [6, 6.07) is 5.88. The highest BCUT2D eigenvalue weighted by atomic mass is 16.5. The lowest BCUT2D eigenvalue weighted by molar-refractivity contribution is -0.0555.